The van der Waals surface area contributed by atoms with E-state index in [-0.39, 0.29) is 29.4 Å². The highest BCUT2D eigenvalue weighted by molar-refractivity contribution is 5.80. The summed E-state index contributed by atoms with van der Waals surface area (Å²) >= 11 is 0. The largest absolute Gasteiger partial charge is 0.496 e. The number of hydrogen-bond acceptors (Lipinski definition) is 3. The molecule has 1 fully saturated rings. The number of ether oxygens (including phenoxy) is 1. The molecule has 3 aromatic carbocycles. The van der Waals surface area contributed by atoms with Crippen LogP contribution in [0.15, 0.2) is 72.8 Å². The molecule has 4 heteroatoms. The molecule has 5 rings (SSSR count). The third-order valence-electron chi connectivity index (χ3n) is 8.19. The summed E-state index contributed by atoms with van der Waals surface area (Å²) in [6.07, 6.45) is 4.64. The lowest BCUT2D eigenvalue weighted by molar-refractivity contribution is -0.139. The Balaban J connectivity index is 1.39. The molecule has 3 aromatic rings. The fourth-order valence-corrected chi connectivity index (χ4v) is 6.05. The fourth-order valence-electron chi connectivity index (χ4n) is 6.05. The number of nitrogens with zero attached hydrogens (tertiary/aromatic N) is 1. The highest BCUT2D eigenvalue weighted by Crippen LogP contribution is 2.39. The van der Waals surface area contributed by atoms with Crippen LogP contribution in [0.1, 0.15) is 73.9 Å². The van der Waals surface area contributed by atoms with E-state index in [1.54, 1.807) is 7.11 Å². The maximum atomic E-state index is 14.2. The Labute approximate surface area is 222 Å². The maximum absolute atomic E-state index is 14.2. The minimum Gasteiger partial charge on any atom is -0.496 e. The van der Waals surface area contributed by atoms with Crippen molar-refractivity contribution >= 4 is 5.91 Å². The van der Waals surface area contributed by atoms with Gasteiger partial charge >= 0.3 is 0 Å². The smallest absolute Gasteiger partial charge is 0.227 e. The van der Waals surface area contributed by atoms with Crippen LogP contribution in [0.2, 0.25) is 0 Å². The predicted molar refractivity (Wildman–Crippen MR) is 150 cm³/mol. The molecule has 0 radical (unpaired) electrons. The summed E-state index contributed by atoms with van der Waals surface area (Å²) in [6.45, 7) is 7.36. The molecule has 1 heterocycles. The number of carbonyl (C=O) groups excluding carboxylic acids is 1. The van der Waals surface area contributed by atoms with E-state index in [9.17, 15) is 4.79 Å². The summed E-state index contributed by atoms with van der Waals surface area (Å²) in [5.74, 6) is 1.20. The first kappa shape index (κ1) is 25.5. The first-order chi connectivity index (χ1) is 17.8. The van der Waals surface area contributed by atoms with Crippen LogP contribution in [0.5, 0.6) is 5.75 Å². The van der Waals surface area contributed by atoms with Gasteiger partial charge in [0.1, 0.15) is 5.75 Å². The van der Waals surface area contributed by atoms with Gasteiger partial charge in [-0.15, -0.1) is 0 Å². The van der Waals surface area contributed by atoms with Crippen LogP contribution < -0.4 is 10.1 Å². The number of carbonyl (C=O) groups is 1. The molecule has 3 unspecified atom stereocenters. The van der Waals surface area contributed by atoms with E-state index >= 15 is 0 Å². The Morgan fingerprint density at radius 3 is 2.41 bits per heavy atom. The zero-order valence-corrected chi connectivity index (χ0v) is 22.7. The molecule has 194 valence electrons. The minimum atomic E-state index is -0.00197. The predicted octanol–water partition coefficient (Wildman–Crippen LogP) is 6.58. The van der Waals surface area contributed by atoms with Crippen molar-refractivity contribution in [2.75, 3.05) is 7.11 Å². The lowest BCUT2D eigenvalue weighted by Crippen LogP contribution is -2.48. The maximum Gasteiger partial charge on any atom is 0.227 e. The number of benzene rings is 3. The van der Waals surface area contributed by atoms with Gasteiger partial charge in [0.25, 0.3) is 0 Å². The Morgan fingerprint density at radius 2 is 1.68 bits per heavy atom. The summed E-state index contributed by atoms with van der Waals surface area (Å²) in [5.41, 5.74) is 6.43. The second-order valence-electron chi connectivity index (χ2n) is 11.6. The number of nitrogens with one attached hydrogen (secondary N) is 1. The molecule has 0 aromatic heterocycles. The van der Waals surface area contributed by atoms with Crippen molar-refractivity contribution in [2.45, 2.75) is 77.0 Å². The third-order valence-corrected chi connectivity index (χ3v) is 8.19. The number of amides is 1. The van der Waals surface area contributed by atoms with E-state index in [1.165, 1.54) is 22.3 Å². The lowest BCUT2D eigenvalue weighted by Gasteiger charge is -2.36. The average molecular weight is 497 g/mol. The topological polar surface area (TPSA) is 41.6 Å². The third kappa shape index (κ3) is 5.45. The van der Waals surface area contributed by atoms with Gasteiger partial charge in [-0.25, -0.2) is 0 Å². The molecule has 2 aliphatic rings. The van der Waals surface area contributed by atoms with Crippen molar-refractivity contribution in [2.24, 2.45) is 5.92 Å². The van der Waals surface area contributed by atoms with Gasteiger partial charge < -0.3 is 9.64 Å². The second kappa shape index (κ2) is 10.7. The number of rotatable bonds is 6. The Bertz CT molecular complexity index is 1230. The van der Waals surface area contributed by atoms with Gasteiger partial charge in [0.05, 0.1) is 19.3 Å². The molecular weight excluding hydrogens is 456 g/mol. The quantitative estimate of drug-likeness (QED) is 0.419. The highest BCUT2D eigenvalue weighted by Gasteiger charge is 2.40. The molecule has 1 amide bonds. The van der Waals surface area contributed by atoms with Crippen LogP contribution in [-0.2, 0) is 29.6 Å². The summed E-state index contributed by atoms with van der Waals surface area (Å²) in [7, 11) is 1.73. The van der Waals surface area contributed by atoms with Crippen molar-refractivity contribution in [3.63, 3.8) is 0 Å². The normalized spacial score (nSPS) is 21.5. The number of fused-ring (bicyclic) bond motifs is 1. The van der Waals surface area contributed by atoms with Crippen LogP contribution in [0.25, 0.3) is 0 Å². The van der Waals surface area contributed by atoms with Crippen molar-refractivity contribution in [1.82, 2.24) is 10.2 Å². The lowest BCUT2D eigenvalue weighted by atomic mass is 9.83. The zero-order valence-electron chi connectivity index (χ0n) is 22.7. The van der Waals surface area contributed by atoms with Crippen LogP contribution in [0.3, 0.4) is 0 Å². The zero-order chi connectivity index (χ0) is 26.0. The van der Waals surface area contributed by atoms with Gasteiger partial charge in [-0.2, -0.15) is 0 Å². The molecule has 1 N–H and O–H groups in total. The molecule has 1 aliphatic carbocycles. The van der Waals surface area contributed by atoms with Gasteiger partial charge in [0, 0.05) is 18.0 Å². The van der Waals surface area contributed by atoms with E-state index in [0.29, 0.717) is 6.54 Å². The van der Waals surface area contributed by atoms with E-state index in [0.717, 1.165) is 43.4 Å². The van der Waals surface area contributed by atoms with Gasteiger partial charge in [-0.3, -0.25) is 10.1 Å². The monoisotopic (exact) mass is 496 g/mol. The summed E-state index contributed by atoms with van der Waals surface area (Å²) < 4.78 is 5.70. The second-order valence-corrected chi connectivity index (χ2v) is 11.6. The number of likely N-dealkylation sites (tertiary alicyclic amines) is 1. The van der Waals surface area contributed by atoms with E-state index < -0.39 is 0 Å². The van der Waals surface area contributed by atoms with Gasteiger partial charge in [0.2, 0.25) is 5.91 Å². The van der Waals surface area contributed by atoms with Crippen LogP contribution >= 0.6 is 0 Å². The summed E-state index contributed by atoms with van der Waals surface area (Å²) in [4.78, 5) is 16.4. The summed E-state index contributed by atoms with van der Waals surface area (Å²) in [6, 6.07) is 25.7. The molecule has 0 spiro atoms. The van der Waals surface area contributed by atoms with E-state index in [4.69, 9.17) is 4.74 Å². The van der Waals surface area contributed by atoms with E-state index in [2.05, 4.69) is 97.7 Å². The number of aryl methyl sites for hydroxylation is 1. The van der Waals surface area contributed by atoms with E-state index in [1.807, 2.05) is 6.07 Å². The molecule has 37 heavy (non-hydrogen) atoms. The SMILES string of the molecule is COc1ccc(C(C)(C)C)cc1CNC1CCC(c2ccccc2)N1C(=O)C1CCc2ccccc2C1. The van der Waals surface area contributed by atoms with Crippen molar-refractivity contribution in [3.8, 4) is 5.75 Å². The average Bonchev–Trinajstić information content (AvgIpc) is 3.35. The summed E-state index contributed by atoms with van der Waals surface area (Å²) in [5, 5.41) is 3.77. The minimum absolute atomic E-state index is 0.00197. The Hall–Kier alpha value is -3.11. The van der Waals surface area contributed by atoms with Gasteiger partial charge in [-0.1, -0.05) is 87.5 Å². The standard InChI is InChI=1S/C33H40N2O2/c1-33(2,3)28-16-18-30(37-4)27(21-28)22-34-31-19-17-29(24-11-6-5-7-12-24)35(31)32(36)26-15-14-23-10-8-9-13-25(23)20-26/h5-13,16,18,21,26,29,31,34H,14-15,17,19-20,22H2,1-4H3. The molecule has 4 nitrogen and oxygen atoms in total. The molecular formula is C33H40N2O2. The molecule has 0 saturated carbocycles. The molecule has 3 atom stereocenters. The van der Waals surface area contributed by atoms with Crippen molar-refractivity contribution in [3.05, 3.63) is 101 Å². The van der Waals surface area contributed by atoms with Crippen molar-refractivity contribution in [1.29, 1.82) is 0 Å². The van der Waals surface area contributed by atoms with Crippen molar-refractivity contribution < 1.29 is 9.53 Å². The Kier molecular flexibility index (Phi) is 7.39. The molecule has 1 saturated heterocycles. The van der Waals surface area contributed by atoms with Crippen LogP contribution in [0.4, 0.5) is 0 Å². The molecule has 0 bridgehead atoms. The number of methoxy groups -OCH3 is 1. The Morgan fingerprint density at radius 1 is 0.946 bits per heavy atom. The number of hydrogen-bond donors (Lipinski definition) is 1. The molecule has 1 aliphatic heterocycles. The fraction of sp³-hybridized carbons (Fsp3) is 0.424. The van der Waals surface area contributed by atoms with Gasteiger partial charge in [-0.05, 0) is 65.8 Å². The first-order valence-corrected chi connectivity index (χ1v) is 13.7. The highest BCUT2D eigenvalue weighted by atomic mass is 16.5. The van der Waals surface area contributed by atoms with Gasteiger partial charge in [0.15, 0.2) is 0 Å². The van der Waals surface area contributed by atoms with Crippen LogP contribution in [0, 0.1) is 5.92 Å². The van der Waals surface area contributed by atoms with Crippen LogP contribution in [-0.4, -0.2) is 24.1 Å². The first-order valence-electron chi connectivity index (χ1n) is 13.7.